The number of nitrogens with one attached hydrogen (secondary N) is 1. The molecule has 1 aliphatic rings. The molecule has 1 aliphatic heterocycles. The molecule has 1 amide bonds. The predicted octanol–water partition coefficient (Wildman–Crippen LogP) is 2.79. The molecule has 6 heteroatoms. The lowest BCUT2D eigenvalue weighted by molar-refractivity contribution is -0.115. The third-order valence-electron chi connectivity index (χ3n) is 4.25. The maximum atomic E-state index is 12.3. The number of carbonyl (C=O) groups is 1. The fourth-order valence-corrected chi connectivity index (χ4v) is 2.88. The molecule has 0 aromatic carbocycles. The Morgan fingerprint density at radius 3 is 3.00 bits per heavy atom. The van der Waals surface area contributed by atoms with Crippen LogP contribution in [0.5, 0.6) is 0 Å². The molecule has 0 radical (unpaired) electrons. The molecule has 0 fully saturated rings. The lowest BCUT2D eigenvalue weighted by atomic mass is 10.0. The van der Waals surface area contributed by atoms with Crippen molar-refractivity contribution in [3.8, 4) is 6.07 Å². The van der Waals surface area contributed by atoms with Gasteiger partial charge in [-0.05, 0) is 30.4 Å². The zero-order valence-corrected chi connectivity index (χ0v) is 14.0. The number of rotatable bonds is 4. The van der Waals surface area contributed by atoms with Crippen molar-refractivity contribution in [3.63, 3.8) is 0 Å². The van der Waals surface area contributed by atoms with E-state index in [-0.39, 0.29) is 18.2 Å². The SMILES string of the molecule is CC(C)c1cnc(NC(=O)Cc2cn3c(n2)CCCC3)c(C#N)c1. The van der Waals surface area contributed by atoms with Gasteiger partial charge in [-0.15, -0.1) is 0 Å². The molecule has 2 aromatic rings. The number of fused-ring (bicyclic) bond motifs is 1. The van der Waals surface area contributed by atoms with Crippen molar-refractivity contribution in [1.82, 2.24) is 14.5 Å². The topological polar surface area (TPSA) is 83.6 Å². The molecule has 3 rings (SSSR count). The first-order valence-electron chi connectivity index (χ1n) is 8.31. The zero-order valence-electron chi connectivity index (χ0n) is 14.0. The number of nitrogens with zero attached hydrogens (tertiary/aromatic N) is 4. The van der Waals surface area contributed by atoms with Crippen LogP contribution in [0.2, 0.25) is 0 Å². The Balaban J connectivity index is 1.71. The van der Waals surface area contributed by atoms with Crippen LogP contribution >= 0.6 is 0 Å². The minimum Gasteiger partial charge on any atom is -0.335 e. The van der Waals surface area contributed by atoms with Gasteiger partial charge < -0.3 is 9.88 Å². The molecule has 6 nitrogen and oxygen atoms in total. The average molecular weight is 323 g/mol. The van der Waals surface area contributed by atoms with Gasteiger partial charge in [-0.1, -0.05) is 13.8 Å². The van der Waals surface area contributed by atoms with E-state index in [1.165, 1.54) is 0 Å². The molecule has 0 saturated heterocycles. The second kappa shape index (κ2) is 6.83. The summed E-state index contributed by atoms with van der Waals surface area (Å²) >= 11 is 0. The quantitative estimate of drug-likeness (QED) is 0.937. The summed E-state index contributed by atoms with van der Waals surface area (Å²) in [5, 5.41) is 12.0. The number of imidazole rings is 1. The Kier molecular flexibility index (Phi) is 4.61. The van der Waals surface area contributed by atoms with Crippen molar-refractivity contribution in [2.24, 2.45) is 0 Å². The van der Waals surface area contributed by atoms with Crippen LogP contribution in [0.4, 0.5) is 5.82 Å². The van der Waals surface area contributed by atoms with Gasteiger partial charge in [0.15, 0.2) is 0 Å². The highest BCUT2D eigenvalue weighted by Crippen LogP contribution is 2.20. The van der Waals surface area contributed by atoms with Crippen molar-refractivity contribution >= 4 is 11.7 Å². The maximum absolute atomic E-state index is 12.3. The monoisotopic (exact) mass is 323 g/mol. The Morgan fingerprint density at radius 2 is 2.29 bits per heavy atom. The summed E-state index contributed by atoms with van der Waals surface area (Å²) in [5.41, 5.74) is 2.13. The molecule has 0 bridgehead atoms. The Morgan fingerprint density at radius 1 is 1.46 bits per heavy atom. The van der Waals surface area contributed by atoms with Gasteiger partial charge in [0.1, 0.15) is 17.7 Å². The zero-order chi connectivity index (χ0) is 17.1. The minimum atomic E-state index is -0.202. The summed E-state index contributed by atoms with van der Waals surface area (Å²) < 4.78 is 2.13. The van der Waals surface area contributed by atoms with E-state index >= 15 is 0 Å². The summed E-state index contributed by atoms with van der Waals surface area (Å²) in [7, 11) is 0. The fraction of sp³-hybridized carbons (Fsp3) is 0.444. The molecule has 3 heterocycles. The molecule has 0 aliphatic carbocycles. The van der Waals surface area contributed by atoms with E-state index in [4.69, 9.17) is 0 Å². The van der Waals surface area contributed by atoms with Crippen molar-refractivity contribution in [2.45, 2.75) is 52.0 Å². The Hall–Kier alpha value is -2.68. The number of carbonyl (C=O) groups excluding carboxylic acids is 1. The Labute approximate surface area is 141 Å². The van der Waals surface area contributed by atoms with Crippen LogP contribution in [-0.2, 0) is 24.2 Å². The molecule has 0 saturated carbocycles. The van der Waals surface area contributed by atoms with Gasteiger partial charge in [-0.25, -0.2) is 9.97 Å². The number of hydrogen-bond donors (Lipinski definition) is 1. The lowest BCUT2D eigenvalue weighted by Gasteiger charge is -2.11. The van der Waals surface area contributed by atoms with E-state index in [0.717, 1.165) is 42.9 Å². The molecule has 0 atom stereocenters. The van der Waals surface area contributed by atoms with Gasteiger partial charge in [0.25, 0.3) is 0 Å². The van der Waals surface area contributed by atoms with Gasteiger partial charge in [0.2, 0.25) is 5.91 Å². The first-order chi connectivity index (χ1) is 11.6. The fourth-order valence-electron chi connectivity index (χ4n) is 2.88. The second-order valence-corrected chi connectivity index (χ2v) is 6.46. The molecule has 0 unspecified atom stereocenters. The van der Waals surface area contributed by atoms with E-state index in [1.54, 1.807) is 12.3 Å². The van der Waals surface area contributed by atoms with E-state index in [2.05, 4.69) is 25.9 Å². The summed E-state index contributed by atoms with van der Waals surface area (Å²) in [5.74, 6) is 1.45. The van der Waals surface area contributed by atoms with E-state index in [9.17, 15) is 10.1 Å². The Bertz CT molecular complexity index is 777. The lowest BCUT2D eigenvalue weighted by Crippen LogP contribution is -2.16. The van der Waals surface area contributed by atoms with E-state index in [0.29, 0.717) is 11.4 Å². The molecular formula is C18H21N5O. The molecular weight excluding hydrogens is 302 g/mol. The third-order valence-corrected chi connectivity index (χ3v) is 4.25. The highest BCUT2D eigenvalue weighted by molar-refractivity contribution is 5.92. The summed E-state index contributed by atoms with van der Waals surface area (Å²) in [6.07, 6.45) is 7.13. The first-order valence-corrected chi connectivity index (χ1v) is 8.31. The van der Waals surface area contributed by atoms with Gasteiger partial charge in [0.05, 0.1) is 17.7 Å². The van der Waals surface area contributed by atoms with Crippen LogP contribution in [0.25, 0.3) is 0 Å². The van der Waals surface area contributed by atoms with E-state index in [1.807, 2.05) is 20.0 Å². The first kappa shape index (κ1) is 16.2. The second-order valence-electron chi connectivity index (χ2n) is 6.46. The largest absolute Gasteiger partial charge is 0.335 e. The van der Waals surface area contributed by atoms with Gasteiger partial charge >= 0.3 is 0 Å². The molecule has 124 valence electrons. The molecule has 1 N–H and O–H groups in total. The van der Waals surface area contributed by atoms with Crippen molar-refractivity contribution in [3.05, 3.63) is 41.1 Å². The average Bonchev–Trinajstić information content (AvgIpc) is 2.96. The molecule has 0 spiro atoms. The summed E-state index contributed by atoms with van der Waals surface area (Å²) in [4.78, 5) is 21.0. The summed E-state index contributed by atoms with van der Waals surface area (Å²) in [6.45, 7) is 5.05. The van der Waals surface area contributed by atoms with Crippen LogP contribution < -0.4 is 5.32 Å². The van der Waals surface area contributed by atoms with Crippen molar-refractivity contribution < 1.29 is 4.79 Å². The highest BCUT2D eigenvalue weighted by Gasteiger charge is 2.16. The highest BCUT2D eigenvalue weighted by atomic mass is 16.1. The smallest absolute Gasteiger partial charge is 0.231 e. The number of amides is 1. The van der Waals surface area contributed by atoms with E-state index < -0.39 is 0 Å². The number of anilines is 1. The summed E-state index contributed by atoms with van der Waals surface area (Å²) in [6, 6.07) is 3.88. The number of pyridine rings is 1. The maximum Gasteiger partial charge on any atom is 0.231 e. The van der Waals surface area contributed by atoms with Gasteiger partial charge in [-0.2, -0.15) is 5.26 Å². The van der Waals surface area contributed by atoms with Crippen LogP contribution in [-0.4, -0.2) is 20.4 Å². The number of nitriles is 1. The van der Waals surface area contributed by atoms with Crippen LogP contribution in [0.15, 0.2) is 18.5 Å². The standard InChI is InChI=1S/C18H21N5O/c1-12(2)14-7-13(9-19)18(20-10-14)22-17(24)8-15-11-23-6-4-3-5-16(23)21-15/h7,10-12H,3-6,8H2,1-2H3,(H,20,22,24). The van der Waals surface area contributed by atoms with Crippen molar-refractivity contribution in [2.75, 3.05) is 5.32 Å². The van der Waals surface area contributed by atoms with Crippen molar-refractivity contribution in [1.29, 1.82) is 5.26 Å². The van der Waals surface area contributed by atoms with Crippen LogP contribution in [0, 0.1) is 11.3 Å². The number of hydrogen-bond acceptors (Lipinski definition) is 4. The molecule has 24 heavy (non-hydrogen) atoms. The van der Waals surface area contributed by atoms with Crippen LogP contribution in [0.1, 0.15) is 55.3 Å². The van der Waals surface area contributed by atoms with Gasteiger partial charge in [-0.3, -0.25) is 4.79 Å². The number of aromatic nitrogens is 3. The van der Waals surface area contributed by atoms with Crippen LogP contribution in [0.3, 0.4) is 0 Å². The number of aryl methyl sites for hydroxylation is 2. The minimum absolute atomic E-state index is 0.193. The predicted molar refractivity (Wildman–Crippen MR) is 90.5 cm³/mol. The molecule has 2 aromatic heterocycles. The normalized spacial score (nSPS) is 13.4. The van der Waals surface area contributed by atoms with Gasteiger partial charge in [0, 0.05) is 25.4 Å². The third kappa shape index (κ3) is 3.46.